The third-order valence-electron chi connectivity index (χ3n) is 2.29. The van der Waals surface area contributed by atoms with E-state index in [1.165, 1.54) is 6.33 Å². The van der Waals surface area contributed by atoms with Crippen molar-refractivity contribution in [3.8, 4) is 0 Å². The van der Waals surface area contributed by atoms with Gasteiger partial charge in [-0.3, -0.25) is 9.89 Å². The zero-order valence-corrected chi connectivity index (χ0v) is 12.5. The van der Waals surface area contributed by atoms with Crippen molar-refractivity contribution in [1.29, 1.82) is 0 Å². The molecule has 0 aliphatic rings. The summed E-state index contributed by atoms with van der Waals surface area (Å²) in [4.78, 5) is 15.9. The smallest absolute Gasteiger partial charge is 0.252 e. The molecule has 1 amide bonds. The third kappa shape index (κ3) is 3.39. The highest BCUT2D eigenvalue weighted by atomic mass is 79.9. The van der Waals surface area contributed by atoms with E-state index >= 15 is 0 Å². The van der Waals surface area contributed by atoms with Crippen LogP contribution < -0.4 is 5.32 Å². The number of aromatic nitrogens is 3. The molecule has 18 heavy (non-hydrogen) atoms. The first-order valence-corrected chi connectivity index (χ1v) is 6.83. The Morgan fingerprint density at radius 2 is 2.22 bits per heavy atom. The van der Waals surface area contributed by atoms with Gasteiger partial charge in [-0.1, -0.05) is 15.9 Å². The van der Waals surface area contributed by atoms with Crippen LogP contribution in [0.4, 0.5) is 0 Å². The van der Waals surface area contributed by atoms with Crippen LogP contribution in [0.25, 0.3) is 0 Å². The van der Waals surface area contributed by atoms with Gasteiger partial charge in [0.15, 0.2) is 0 Å². The minimum Gasteiger partial charge on any atom is -0.352 e. The number of H-pyrrole nitrogens is 1. The maximum Gasteiger partial charge on any atom is 0.252 e. The Bertz CT molecular complexity index is 542. The van der Waals surface area contributed by atoms with Crippen LogP contribution in [-0.4, -0.2) is 27.6 Å². The molecule has 0 saturated carbocycles. The number of carbonyl (C=O) groups is 1. The molecule has 0 unspecified atom stereocenters. The van der Waals surface area contributed by atoms with E-state index < -0.39 is 0 Å². The van der Waals surface area contributed by atoms with Gasteiger partial charge in [0.2, 0.25) is 0 Å². The van der Waals surface area contributed by atoms with Gasteiger partial charge in [0.25, 0.3) is 5.91 Å². The maximum absolute atomic E-state index is 11.9. The summed E-state index contributed by atoms with van der Waals surface area (Å²) in [6.45, 7) is 0.510. The highest BCUT2D eigenvalue weighted by Gasteiger charge is 2.09. The quantitative estimate of drug-likeness (QED) is 0.863. The van der Waals surface area contributed by atoms with Gasteiger partial charge in [-0.25, -0.2) is 4.98 Å². The average molecular weight is 374 g/mol. The van der Waals surface area contributed by atoms with E-state index in [-0.39, 0.29) is 5.91 Å². The standard InChI is InChI=1S/C11H10Br2N4O/c12-7-1-2-8(9(13)5-7)11(18)14-4-3-10-15-6-16-17-10/h1-2,5-6H,3-4H2,(H,14,18)(H,15,16,17). The van der Waals surface area contributed by atoms with Crippen LogP contribution in [0.2, 0.25) is 0 Å². The van der Waals surface area contributed by atoms with Crippen molar-refractivity contribution < 1.29 is 4.79 Å². The molecule has 7 heteroatoms. The summed E-state index contributed by atoms with van der Waals surface area (Å²) >= 11 is 6.70. The van der Waals surface area contributed by atoms with Gasteiger partial charge in [0.05, 0.1) is 5.56 Å². The number of carbonyl (C=O) groups excluding carboxylic acids is 1. The van der Waals surface area contributed by atoms with E-state index in [4.69, 9.17) is 0 Å². The minimum atomic E-state index is -0.117. The molecule has 1 aromatic carbocycles. The fourth-order valence-corrected chi connectivity index (χ4v) is 2.64. The molecule has 0 aliphatic carbocycles. The number of amides is 1. The van der Waals surface area contributed by atoms with Crippen molar-refractivity contribution in [2.45, 2.75) is 6.42 Å². The van der Waals surface area contributed by atoms with E-state index in [2.05, 4.69) is 52.4 Å². The number of benzene rings is 1. The van der Waals surface area contributed by atoms with Crippen LogP contribution in [0.5, 0.6) is 0 Å². The summed E-state index contributed by atoms with van der Waals surface area (Å²) in [7, 11) is 0. The molecule has 0 aliphatic heterocycles. The average Bonchev–Trinajstić information content (AvgIpc) is 2.81. The Morgan fingerprint density at radius 1 is 1.39 bits per heavy atom. The van der Waals surface area contributed by atoms with Crippen LogP contribution in [0.3, 0.4) is 0 Å². The first kappa shape index (κ1) is 13.2. The zero-order chi connectivity index (χ0) is 13.0. The Labute approximate surface area is 121 Å². The lowest BCUT2D eigenvalue weighted by Crippen LogP contribution is -2.26. The number of hydrogen-bond donors (Lipinski definition) is 2. The molecule has 0 spiro atoms. The monoisotopic (exact) mass is 372 g/mol. The van der Waals surface area contributed by atoms with E-state index in [9.17, 15) is 4.79 Å². The molecular formula is C11H10Br2N4O. The topological polar surface area (TPSA) is 70.7 Å². The highest BCUT2D eigenvalue weighted by Crippen LogP contribution is 2.21. The molecule has 1 heterocycles. The molecule has 1 aromatic heterocycles. The van der Waals surface area contributed by atoms with Crippen molar-refractivity contribution in [3.05, 3.63) is 44.9 Å². The summed E-state index contributed by atoms with van der Waals surface area (Å²) in [5.74, 6) is 0.638. The molecule has 5 nitrogen and oxygen atoms in total. The Morgan fingerprint density at radius 3 is 2.89 bits per heavy atom. The summed E-state index contributed by atoms with van der Waals surface area (Å²) in [6, 6.07) is 5.43. The van der Waals surface area contributed by atoms with E-state index in [1.807, 2.05) is 12.1 Å². The van der Waals surface area contributed by atoms with Crippen molar-refractivity contribution in [1.82, 2.24) is 20.5 Å². The Balaban J connectivity index is 1.91. The lowest BCUT2D eigenvalue weighted by molar-refractivity contribution is 0.0953. The van der Waals surface area contributed by atoms with Crippen molar-refractivity contribution in [2.75, 3.05) is 6.54 Å². The summed E-state index contributed by atoms with van der Waals surface area (Å²) in [5, 5.41) is 9.31. The van der Waals surface area contributed by atoms with Gasteiger partial charge in [-0.15, -0.1) is 0 Å². The van der Waals surface area contributed by atoms with Crippen LogP contribution in [-0.2, 0) is 6.42 Å². The second-order valence-electron chi connectivity index (χ2n) is 3.56. The van der Waals surface area contributed by atoms with E-state index in [0.717, 1.165) is 14.8 Å². The minimum absolute atomic E-state index is 0.117. The van der Waals surface area contributed by atoms with Crippen LogP contribution >= 0.6 is 31.9 Å². The van der Waals surface area contributed by atoms with Gasteiger partial charge < -0.3 is 5.32 Å². The first-order chi connectivity index (χ1) is 8.66. The molecule has 2 N–H and O–H groups in total. The highest BCUT2D eigenvalue weighted by molar-refractivity contribution is 9.11. The summed E-state index contributed by atoms with van der Waals surface area (Å²) < 4.78 is 1.68. The molecule has 0 radical (unpaired) electrons. The molecular weight excluding hydrogens is 364 g/mol. The molecule has 0 fully saturated rings. The number of halogens is 2. The predicted octanol–water partition coefficient (Wildman–Crippen LogP) is 2.30. The molecule has 0 atom stereocenters. The predicted molar refractivity (Wildman–Crippen MR) is 74.3 cm³/mol. The second kappa shape index (κ2) is 6.10. The van der Waals surface area contributed by atoms with E-state index in [1.54, 1.807) is 6.07 Å². The maximum atomic E-state index is 11.9. The van der Waals surface area contributed by atoms with Gasteiger partial charge >= 0.3 is 0 Å². The van der Waals surface area contributed by atoms with Crippen molar-refractivity contribution in [2.24, 2.45) is 0 Å². The van der Waals surface area contributed by atoms with Gasteiger partial charge in [-0.2, -0.15) is 5.10 Å². The number of nitrogens with zero attached hydrogens (tertiary/aromatic N) is 2. The van der Waals surface area contributed by atoms with Crippen LogP contribution in [0, 0.1) is 0 Å². The van der Waals surface area contributed by atoms with Gasteiger partial charge in [0.1, 0.15) is 12.2 Å². The molecule has 0 saturated heterocycles. The number of hydrogen-bond acceptors (Lipinski definition) is 3. The van der Waals surface area contributed by atoms with Gasteiger partial charge in [-0.05, 0) is 34.1 Å². The molecule has 2 rings (SSSR count). The fourth-order valence-electron chi connectivity index (χ4n) is 1.41. The second-order valence-corrected chi connectivity index (χ2v) is 5.33. The zero-order valence-electron chi connectivity index (χ0n) is 9.28. The number of nitrogens with one attached hydrogen (secondary N) is 2. The van der Waals surface area contributed by atoms with E-state index in [0.29, 0.717) is 18.5 Å². The SMILES string of the molecule is O=C(NCCc1ncn[nH]1)c1ccc(Br)cc1Br. The molecule has 0 bridgehead atoms. The summed E-state index contributed by atoms with van der Waals surface area (Å²) in [6.07, 6.45) is 2.07. The largest absolute Gasteiger partial charge is 0.352 e. The summed E-state index contributed by atoms with van der Waals surface area (Å²) in [5.41, 5.74) is 0.607. The first-order valence-electron chi connectivity index (χ1n) is 5.24. The normalized spacial score (nSPS) is 10.3. The van der Waals surface area contributed by atoms with Gasteiger partial charge in [0, 0.05) is 21.9 Å². The van der Waals surface area contributed by atoms with Crippen LogP contribution in [0.15, 0.2) is 33.5 Å². The molecule has 2 aromatic rings. The fraction of sp³-hybridized carbons (Fsp3) is 0.182. The Kier molecular flexibility index (Phi) is 4.48. The number of aromatic amines is 1. The lowest BCUT2D eigenvalue weighted by Gasteiger charge is -2.06. The molecule has 94 valence electrons. The Hall–Kier alpha value is -1.21. The third-order valence-corrected chi connectivity index (χ3v) is 3.44. The lowest BCUT2D eigenvalue weighted by atomic mass is 10.2. The van der Waals surface area contributed by atoms with Crippen molar-refractivity contribution >= 4 is 37.8 Å². The number of rotatable bonds is 4. The van der Waals surface area contributed by atoms with Crippen LogP contribution in [0.1, 0.15) is 16.2 Å². The van der Waals surface area contributed by atoms with Crippen molar-refractivity contribution in [3.63, 3.8) is 0 Å².